The Morgan fingerprint density at radius 1 is 1.13 bits per heavy atom. The number of halogens is 1. The summed E-state index contributed by atoms with van der Waals surface area (Å²) in [5.74, 6) is 0.426. The molecule has 1 aromatic carbocycles. The fraction of sp³-hybridized carbons (Fsp3) is 0.353. The van der Waals surface area contributed by atoms with Gasteiger partial charge in [-0.25, -0.2) is 0 Å². The van der Waals surface area contributed by atoms with E-state index in [1.54, 1.807) is 30.2 Å². The van der Waals surface area contributed by atoms with Crippen LogP contribution in [-0.4, -0.2) is 48.1 Å². The molecule has 4 nitrogen and oxygen atoms in total. The Hall–Kier alpha value is -1.43. The van der Waals surface area contributed by atoms with E-state index in [1.165, 1.54) is 10.5 Å². The number of amides is 1. The van der Waals surface area contributed by atoms with Gasteiger partial charge in [-0.05, 0) is 36.1 Å². The minimum atomic E-state index is -0.00558. The lowest BCUT2D eigenvalue weighted by Crippen LogP contribution is -2.48. The molecular formula is C17H21ClN2O2S. The molecule has 0 N–H and O–H groups in total. The second-order valence-electron chi connectivity index (χ2n) is 5.39. The van der Waals surface area contributed by atoms with Crippen LogP contribution in [0.2, 0.25) is 0 Å². The van der Waals surface area contributed by atoms with E-state index in [0.29, 0.717) is 5.76 Å². The lowest BCUT2D eigenvalue weighted by atomic mass is 10.2. The Kier molecular flexibility index (Phi) is 6.57. The first-order chi connectivity index (χ1) is 10.8. The third-order valence-electron chi connectivity index (χ3n) is 3.96. The highest BCUT2D eigenvalue weighted by Gasteiger charge is 2.23. The molecule has 23 heavy (non-hydrogen) atoms. The highest BCUT2D eigenvalue weighted by atomic mass is 35.5. The summed E-state index contributed by atoms with van der Waals surface area (Å²) >= 11 is 1.76. The summed E-state index contributed by atoms with van der Waals surface area (Å²) in [6.07, 6.45) is 3.63. The molecule has 124 valence electrons. The van der Waals surface area contributed by atoms with E-state index in [2.05, 4.69) is 35.4 Å². The van der Waals surface area contributed by atoms with Crippen molar-refractivity contribution in [2.75, 3.05) is 32.4 Å². The van der Waals surface area contributed by atoms with Crippen LogP contribution in [0.5, 0.6) is 0 Å². The zero-order chi connectivity index (χ0) is 15.4. The molecular weight excluding hydrogens is 332 g/mol. The monoisotopic (exact) mass is 352 g/mol. The topological polar surface area (TPSA) is 36.7 Å². The summed E-state index contributed by atoms with van der Waals surface area (Å²) in [7, 11) is 0. The standard InChI is InChI=1S/C17H20N2O2S.ClH/c1-22-15-6-4-14(5-7-15)13-18-8-10-19(11-9-18)17(20)16-3-2-12-21-16;/h2-7,12H,8-11,13H2,1H3;1H. The van der Waals surface area contributed by atoms with Crippen LogP contribution < -0.4 is 0 Å². The lowest BCUT2D eigenvalue weighted by Gasteiger charge is -2.34. The third kappa shape index (κ3) is 4.53. The number of rotatable bonds is 4. The van der Waals surface area contributed by atoms with E-state index < -0.39 is 0 Å². The number of nitrogens with zero attached hydrogens (tertiary/aromatic N) is 2. The van der Waals surface area contributed by atoms with Crippen molar-refractivity contribution in [1.29, 1.82) is 0 Å². The minimum absolute atomic E-state index is 0. The number of hydrogen-bond acceptors (Lipinski definition) is 4. The van der Waals surface area contributed by atoms with Gasteiger partial charge in [0.2, 0.25) is 0 Å². The Labute approximate surface area is 147 Å². The summed E-state index contributed by atoms with van der Waals surface area (Å²) in [4.78, 5) is 17.8. The van der Waals surface area contributed by atoms with Crippen LogP contribution in [-0.2, 0) is 6.54 Å². The first kappa shape index (κ1) is 17.9. The summed E-state index contributed by atoms with van der Waals surface area (Å²) in [6, 6.07) is 12.2. The highest BCUT2D eigenvalue weighted by Crippen LogP contribution is 2.17. The van der Waals surface area contributed by atoms with Gasteiger partial charge in [-0.3, -0.25) is 9.69 Å². The third-order valence-corrected chi connectivity index (χ3v) is 4.70. The van der Waals surface area contributed by atoms with Crippen molar-refractivity contribution in [3.05, 3.63) is 54.0 Å². The maximum absolute atomic E-state index is 12.2. The number of hydrogen-bond donors (Lipinski definition) is 0. The maximum Gasteiger partial charge on any atom is 0.289 e. The van der Waals surface area contributed by atoms with Gasteiger partial charge in [-0.15, -0.1) is 24.2 Å². The van der Waals surface area contributed by atoms with Gasteiger partial charge in [0.25, 0.3) is 5.91 Å². The molecule has 3 rings (SSSR count). The van der Waals surface area contributed by atoms with Gasteiger partial charge in [0.15, 0.2) is 5.76 Å². The van der Waals surface area contributed by atoms with Crippen LogP contribution in [0.4, 0.5) is 0 Å². The molecule has 2 heterocycles. The van der Waals surface area contributed by atoms with Crippen molar-refractivity contribution in [1.82, 2.24) is 9.80 Å². The fourth-order valence-corrected chi connectivity index (χ4v) is 3.06. The van der Waals surface area contributed by atoms with Gasteiger partial charge >= 0.3 is 0 Å². The molecule has 0 aliphatic carbocycles. The first-order valence-electron chi connectivity index (χ1n) is 7.44. The van der Waals surface area contributed by atoms with Crippen molar-refractivity contribution in [3.8, 4) is 0 Å². The number of thioether (sulfide) groups is 1. The van der Waals surface area contributed by atoms with E-state index in [-0.39, 0.29) is 18.3 Å². The largest absolute Gasteiger partial charge is 0.459 e. The zero-order valence-corrected chi connectivity index (χ0v) is 14.7. The van der Waals surface area contributed by atoms with Gasteiger partial charge in [0, 0.05) is 37.6 Å². The quantitative estimate of drug-likeness (QED) is 0.790. The predicted octanol–water partition coefficient (Wildman–Crippen LogP) is 3.38. The summed E-state index contributed by atoms with van der Waals surface area (Å²) in [6.45, 7) is 4.25. The molecule has 6 heteroatoms. The molecule has 0 radical (unpaired) electrons. The second-order valence-corrected chi connectivity index (χ2v) is 6.27. The van der Waals surface area contributed by atoms with Gasteiger partial charge < -0.3 is 9.32 Å². The van der Waals surface area contributed by atoms with E-state index >= 15 is 0 Å². The van der Waals surface area contributed by atoms with Gasteiger partial charge in [-0.2, -0.15) is 0 Å². The fourth-order valence-electron chi connectivity index (χ4n) is 2.65. The molecule has 1 fully saturated rings. The number of piperazine rings is 1. The van der Waals surface area contributed by atoms with Crippen LogP contribution >= 0.6 is 24.2 Å². The summed E-state index contributed by atoms with van der Waals surface area (Å²) < 4.78 is 5.19. The lowest BCUT2D eigenvalue weighted by molar-refractivity contribution is 0.0598. The first-order valence-corrected chi connectivity index (χ1v) is 8.67. The Morgan fingerprint density at radius 2 is 1.83 bits per heavy atom. The molecule has 1 aliphatic heterocycles. The molecule has 0 spiro atoms. The Morgan fingerprint density at radius 3 is 2.39 bits per heavy atom. The van der Waals surface area contributed by atoms with Crippen molar-refractivity contribution in [3.63, 3.8) is 0 Å². The summed E-state index contributed by atoms with van der Waals surface area (Å²) in [5.41, 5.74) is 1.32. The van der Waals surface area contributed by atoms with E-state index in [9.17, 15) is 4.79 Å². The molecule has 1 aromatic heterocycles. The van der Waals surface area contributed by atoms with Crippen LogP contribution in [0.25, 0.3) is 0 Å². The number of benzene rings is 1. The maximum atomic E-state index is 12.2. The molecule has 0 atom stereocenters. The van der Waals surface area contributed by atoms with Crippen molar-refractivity contribution in [2.45, 2.75) is 11.4 Å². The Balaban J connectivity index is 0.00000192. The van der Waals surface area contributed by atoms with E-state index in [4.69, 9.17) is 4.42 Å². The smallest absolute Gasteiger partial charge is 0.289 e. The van der Waals surface area contributed by atoms with Gasteiger partial charge in [-0.1, -0.05) is 12.1 Å². The molecule has 1 aliphatic rings. The molecule has 0 bridgehead atoms. The van der Waals surface area contributed by atoms with Gasteiger partial charge in [0.1, 0.15) is 0 Å². The average Bonchev–Trinajstić information content (AvgIpc) is 3.10. The predicted molar refractivity (Wildman–Crippen MR) is 95.4 cm³/mol. The van der Waals surface area contributed by atoms with Crippen LogP contribution in [0, 0.1) is 0 Å². The highest BCUT2D eigenvalue weighted by molar-refractivity contribution is 7.98. The molecule has 0 unspecified atom stereocenters. The molecule has 2 aromatic rings. The molecule has 0 saturated carbocycles. The minimum Gasteiger partial charge on any atom is -0.459 e. The van der Waals surface area contributed by atoms with Crippen LogP contribution in [0.15, 0.2) is 52.0 Å². The van der Waals surface area contributed by atoms with E-state index in [1.807, 2.05) is 4.90 Å². The normalized spacial score (nSPS) is 15.3. The average molecular weight is 353 g/mol. The molecule has 1 saturated heterocycles. The number of carbonyl (C=O) groups is 1. The Bertz CT molecular complexity index is 608. The SMILES string of the molecule is CSc1ccc(CN2CCN(C(=O)c3ccco3)CC2)cc1.Cl. The van der Waals surface area contributed by atoms with Crippen LogP contribution in [0.3, 0.4) is 0 Å². The van der Waals surface area contributed by atoms with Crippen LogP contribution in [0.1, 0.15) is 16.1 Å². The summed E-state index contributed by atoms with van der Waals surface area (Å²) in [5, 5.41) is 0. The van der Waals surface area contributed by atoms with Crippen molar-refractivity contribution in [2.24, 2.45) is 0 Å². The molecule has 1 amide bonds. The number of carbonyl (C=O) groups excluding carboxylic acids is 1. The zero-order valence-electron chi connectivity index (χ0n) is 13.1. The number of furan rings is 1. The van der Waals surface area contributed by atoms with E-state index in [0.717, 1.165) is 32.7 Å². The second kappa shape index (κ2) is 8.43. The van der Waals surface area contributed by atoms with Crippen molar-refractivity contribution >= 4 is 30.1 Å². The van der Waals surface area contributed by atoms with Crippen molar-refractivity contribution < 1.29 is 9.21 Å². The van der Waals surface area contributed by atoms with Gasteiger partial charge in [0.05, 0.1) is 6.26 Å².